The summed E-state index contributed by atoms with van der Waals surface area (Å²) in [5.41, 5.74) is -0.693. The number of carboxylic acid groups (broad SMARTS) is 1. The van der Waals surface area contributed by atoms with Crippen molar-refractivity contribution in [2.75, 3.05) is 6.61 Å². The van der Waals surface area contributed by atoms with Gasteiger partial charge in [-0.25, -0.2) is 0 Å². The van der Waals surface area contributed by atoms with E-state index in [1.807, 2.05) is 41.5 Å². The Bertz CT molecular complexity index is 307. The van der Waals surface area contributed by atoms with Crippen LogP contribution in [-0.4, -0.2) is 29.1 Å². The number of carbonyl (C=O) groups is 2. The molecule has 0 aliphatic heterocycles. The van der Waals surface area contributed by atoms with Crippen LogP contribution in [0.4, 0.5) is 0 Å². The van der Waals surface area contributed by atoms with Crippen molar-refractivity contribution in [2.24, 2.45) is 11.3 Å². The first-order chi connectivity index (χ1) is 8.43. The van der Waals surface area contributed by atoms with Crippen LogP contribution in [0.1, 0.15) is 60.8 Å². The summed E-state index contributed by atoms with van der Waals surface area (Å²) in [6.45, 7) is 12.0. The topological polar surface area (TPSA) is 63.6 Å². The van der Waals surface area contributed by atoms with Gasteiger partial charge in [0.15, 0.2) is 0 Å². The number of aliphatic carboxylic acids is 1. The van der Waals surface area contributed by atoms with Crippen LogP contribution in [0.2, 0.25) is 0 Å². The fraction of sp³-hybridized carbons (Fsp3) is 0.867. The summed E-state index contributed by atoms with van der Waals surface area (Å²) in [4.78, 5) is 23.0. The third kappa shape index (κ3) is 8.76. The zero-order chi connectivity index (χ0) is 15.3. The first-order valence-electron chi connectivity index (χ1n) is 6.83. The maximum Gasteiger partial charge on any atom is 0.304 e. The van der Waals surface area contributed by atoms with Crippen LogP contribution in [0, 0.1) is 11.3 Å². The average Bonchev–Trinajstić information content (AvgIpc) is 2.18. The zero-order valence-corrected chi connectivity index (χ0v) is 13.1. The molecule has 0 aromatic heterocycles. The number of hydrogen-bond acceptors (Lipinski definition) is 3. The van der Waals surface area contributed by atoms with Crippen molar-refractivity contribution < 1.29 is 19.4 Å². The predicted molar refractivity (Wildman–Crippen MR) is 75.1 cm³/mol. The molecule has 0 fully saturated rings. The maximum absolute atomic E-state index is 12.2. The van der Waals surface area contributed by atoms with Gasteiger partial charge >= 0.3 is 5.97 Å². The molecule has 0 aliphatic carbocycles. The number of ether oxygens (including phenoxy) is 1. The van der Waals surface area contributed by atoms with Crippen molar-refractivity contribution in [1.29, 1.82) is 0 Å². The maximum atomic E-state index is 12.2. The van der Waals surface area contributed by atoms with Gasteiger partial charge in [-0.1, -0.05) is 20.8 Å². The Balaban J connectivity index is 4.38. The molecule has 4 nitrogen and oxygen atoms in total. The van der Waals surface area contributed by atoms with Gasteiger partial charge in [0, 0.05) is 17.9 Å². The van der Waals surface area contributed by atoms with Crippen molar-refractivity contribution in [3.05, 3.63) is 0 Å². The molecule has 19 heavy (non-hydrogen) atoms. The van der Waals surface area contributed by atoms with E-state index in [1.54, 1.807) is 0 Å². The molecule has 0 spiro atoms. The average molecular weight is 272 g/mol. The zero-order valence-electron chi connectivity index (χ0n) is 13.1. The molecule has 1 atom stereocenters. The molecule has 0 saturated heterocycles. The summed E-state index contributed by atoms with van der Waals surface area (Å²) in [6.07, 6.45) is 1.18. The lowest BCUT2D eigenvalue weighted by atomic mass is 9.80. The normalized spacial score (nSPS) is 14.2. The van der Waals surface area contributed by atoms with Crippen LogP contribution in [0.5, 0.6) is 0 Å². The van der Waals surface area contributed by atoms with Gasteiger partial charge in [-0.2, -0.15) is 0 Å². The number of Topliss-reactive ketones (excluding diaryl/α,β-unsaturated/α-hetero) is 1. The molecule has 0 saturated carbocycles. The van der Waals surface area contributed by atoms with E-state index in [0.717, 1.165) is 0 Å². The van der Waals surface area contributed by atoms with E-state index in [2.05, 4.69) is 0 Å². The lowest BCUT2D eigenvalue weighted by Gasteiger charge is -2.24. The molecular weight excluding hydrogens is 244 g/mol. The first-order valence-corrected chi connectivity index (χ1v) is 6.83. The van der Waals surface area contributed by atoms with Gasteiger partial charge in [0.1, 0.15) is 5.78 Å². The predicted octanol–water partition coefficient (Wildman–Crippen LogP) is 3.29. The lowest BCUT2D eigenvalue weighted by molar-refractivity contribution is -0.142. The van der Waals surface area contributed by atoms with E-state index in [0.29, 0.717) is 19.4 Å². The van der Waals surface area contributed by atoms with Crippen LogP contribution < -0.4 is 0 Å². The Hall–Kier alpha value is -0.900. The van der Waals surface area contributed by atoms with Gasteiger partial charge < -0.3 is 9.84 Å². The fourth-order valence-electron chi connectivity index (χ4n) is 1.86. The fourth-order valence-corrected chi connectivity index (χ4v) is 1.86. The summed E-state index contributed by atoms with van der Waals surface area (Å²) in [5.74, 6) is -1.31. The molecule has 0 radical (unpaired) electrons. The van der Waals surface area contributed by atoms with Crippen molar-refractivity contribution in [3.8, 4) is 0 Å². The number of hydrogen-bond donors (Lipinski definition) is 1. The van der Waals surface area contributed by atoms with E-state index in [1.165, 1.54) is 0 Å². The minimum Gasteiger partial charge on any atom is -0.481 e. The summed E-state index contributed by atoms with van der Waals surface area (Å²) < 4.78 is 5.59. The van der Waals surface area contributed by atoms with Crippen molar-refractivity contribution in [2.45, 2.75) is 66.4 Å². The Morgan fingerprint density at radius 1 is 1.11 bits per heavy atom. The number of rotatable bonds is 7. The van der Waals surface area contributed by atoms with Gasteiger partial charge in [0.25, 0.3) is 0 Å². The van der Waals surface area contributed by atoms with Crippen LogP contribution >= 0.6 is 0 Å². The van der Waals surface area contributed by atoms with Crippen LogP contribution in [0.15, 0.2) is 0 Å². The molecule has 0 bridgehead atoms. The minimum atomic E-state index is -0.917. The number of carbonyl (C=O) groups excluding carboxylic acids is 1. The van der Waals surface area contributed by atoms with Gasteiger partial charge in [0.05, 0.1) is 12.0 Å². The van der Waals surface area contributed by atoms with E-state index in [-0.39, 0.29) is 17.8 Å². The molecule has 1 N–H and O–H groups in total. The molecule has 0 rings (SSSR count). The molecule has 0 aliphatic rings. The van der Waals surface area contributed by atoms with Gasteiger partial charge in [-0.3, -0.25) is 9.59 Å². The highest BCUT2D eigenvalue weighted by atomic mass is 16.5. The van der Waals surface area contributed by atoms with Crippen molar-refractivity contribution >= 4 is 11.8 Å². The highest BCUT2D eigenvalue weighted by Gasteiger charge is 2.30. The SMILES string of the molecule is CC(C)(C)OCCCC(CC(=O)O)C(=O)C(C)(C)C. The second-order valence-electron chi connectivity index (χ2n) is 7.01. The van der Waals surface area contributed by atoms with Crippen LogP contribution in [0.25, 0.3) is 0 Å². The highest BCUT2D eigenvalue weighted by molar-refractivity contribution is 5.88. The Kier molecular flexibility index (Phi) is 6.70. The molecule has 112 valence electrons. The quantitative estimate of drug-likeness (QED) is 0.722. The summed E-state index contributed by atoms with van der Waals surface area (Å²) in [7, 11) is 0. The highest BCUT2D eigenvalue weighted by Crippen LogP contribution is 2.25. The summed E-state index contributed by atoms with van der Waals surface area (Å²) in [5, 5.41) is 8.90. The van der Waals surface area contributed by atoms with E-state index in [9.17, 15) is 9.59 Å². The molecule has 0 aromatic rings. The smallest absolute Gasteiger partial charge is 0.304 e. The molecule has 0 aromatic carbocycles. The monoisotopic (exact) mass is 272 g/mol. The second kappa shape index (κ2) is 7.04. The molecule has 1 unspecified atom stereocenters. The number of ketones is 1. The summed E-state index contributed by atoms with van der Waals surface area (Å²) in [6, 6.07) is 0. The van der Waals surface area contributed by atoms with Crippen LogP contribution in [0.3, 0.4) is 0 Å². The minimum absolute atomic E-state index is 0.0191. The first kappa shape index (κ1) is 18.1. The molecular formula is C15H28O4. The summed E-state index contributed by atoms with van der Waals surface area (Å²) >= 11 is 0. The van der Waals surface area contributed by atoms with Gasteiger partial charge in [-0.15, -0.1) is 0 Å². The molecule has 0 heterocycles. The van der Waals surface area contributed by atoms with Crippen molar-refractivity contribution in [1.82, 2.24) is 0 Å². The Morgan fingerprint density at radius 3 is 2.00 bits per heavy atom. The third-order valence-electron chi connectivity index (χ3n) is 2.76. The second-order valence-corrected chi connectivity index (χ2v) is 7.01. The van der Waals surface area contributed by atoms with Gasteiger partial charge in [-0.05, 0) is 33.6 Å². The van der Waals surface area contributed by atoms with Crippen LogP contribution in [-0.2, 0) is 14.3 Å². The van der Waals surface area contributed by atoms with E-state index < -0.39 is 17.3 Å². The largest absolute Gasteiger partial charge is 0.481 e. The van der Waals surface area contributed by atoms with E-state index in [4.69, 9.17) is 9.84 Å². The standard InChI is InChI=1S/C15H28O4/c1-14(2,3)13(18)11(10-12(16)17)8-7-9-19-15(4,5)6/h11H,7-10H2,1-6H3,(H,16,17). The van der Waals surface area contributed by atoms with Gasteiger partial charge in [0.2, 0.25) is 0 Å². The molecule has 0 amide bonds. The van der Waals surface area contributed by atoms with Crippen molar-refractivity contribution in [3.63, 3.8) is 0 Å². The Morgan fingerprint density at radius 2 is 1.63 bits per heavy atom. The Labute approximate surface area is 116 Å². The molecule has 4 heteroatoms. The van der Waals surface area contributed by atoms with E-state index >= 15 is 0 Å². The third-order valence-corrected chi connectivity index (χ3v) is 2.76. The number of carboxylic acids is 1. The lowest BCUT2D eigenvalue weighted by Crippen LogP contribution is -2.30.